The highest BCUT2D eigenvalue weighted by atomic mass is 79.9. The summed E-state index contributed by atoms with van der Waals surface area (Å²) in [5, 5.41) is 14.4. The molecule has 2 unspecified atom stereocenters. The quantitative estimate of drug-likeness (QED) is 0.503. The standard InChI is InChI=1S/C12H14BrClN2O3/c1-7(6-13)8(2)15-12(17)9-3-10(14)5-11(4-9)16(18)19/h3-5,7-8H,6H2,1-2H3,(H,15,17). The molecule has 0 aliphatic carbocycles. The summed E-state index contributed by atoms with van der Waals surface area (Å²) in [5.74, 6) is -0.121. The van der Waals surface area contributed by atoms with Crippen molar-refractivity contribution in [2.45, 2.75) is 19.9 Å². The van der Waals surface area contributed by atoms with Gasteiger partial charge in [0, 0.05) is 34.1 Å². The molecule has 1 aromatic rings. The number of nitro benzene ring substituents is 1. The van der Waals surface area contributed by atoms with E-state index >= 15 is 0 Å². The van der Waals surface area contributed by atoms with Gasteiger partial charge >= 0.3 is 0 Å². The van der Waals surface area contributed by atoms with E-state index in [9.17, 15) is 14.9 Å². The van der Waals surface area contributed by atoms with Gasteiger partial charge in [-0.25, -0.2) is 0 Å². The van der Waals surface area contributed by atoms with Crippen LogP contribution in [0.2, 0.25) is 5.02 Å². The number of carbonyl (C=O) groups is 1. The number of rotatable bonds is 5. The summed E-state index contributed by atoms with van der Waals surface area (Å²) in [6.07, 6.45) is 0. The Balaban J connectivity index is 2.91. The average molecular weight is 350 g/mol. The SMILES string of the molecule is CC(CBr)C(C)NC(=O)c1cc(Cl)cc([N+](=O)[O-])c1. The van der Waals surface area contributed by atoms with E-state index in [1.807, 2.05) is 13.8 Å². The molecular weight excluding hydrogens is 336 g/mol. The number of nitro groups is 1. The van der Waals surface area contributed by atoms with E-state index in [4.69, 9.17) is 11.6 Å². The minimum absolute atomic E-state index is 0.0510. The molecule has 0 aromatic heterocycles. The Kier molecular flexibility index (Phi) is 5.75. The number of amides is 1. The molecule has 0 aliphatic rings. The molecule has 1 aromatic carbocycles. The molecule has 0 saturated heterocycles. The number of alkyl halides is 1. The van der Waals surface area contributed by atoms with Crippen molar-refractivity contribution in [2.75, 3.05) is 5.33 Å². The maximum atomic E-state index is 12.0. The molecule has 0 fully saturated rings. The second-order valence-electron chi connectivity index (χ2n) is 4.35. The number of non-ortho nitro benzene ring substituents is 1. The highest BCUT2D eigenvalue weighted by Gasteiger charge is 2.18. The van der Waals surface area contributed by atoms with Gasteiger partial charge in [0.2, 0.25) is 0 Å². The van der Waals surface area contributed by atoms with Crippen LogP contribution in [0.15, 0.2) is 18.2 Å². The van der Waals surface area contributed by atoms with E-state index in [0.717, 1.165) is 5.33 Å². The first-order chi connectivity index (χ1) is 8.85. The number of carbonyl (C=O) groups excluding carboxylic acids is 1. The Hall–Kier alpha value is -1.14. The molecule has 0 radical (unpaired) electrons. The summed E-state index contributed by atoms with van der Waals surface area (Å²) in [6, 6.07) is 3.79. The lowest BCUT2D eigenvalue weighted by Gasteiger charge is -2.19. The molecule has 0 aliphatic heterocycles. The van der Waals surface area contributed by atoms with Crippen LogP contribution in [0, 0.1) is 16.0 Å². The molecule has 1 rings (SSSR count). The van der Waals surface area contributed by atoms with E-state index in [2.05, 4.69) is 21.2 Å². The molecular formula is C12H14BrClN2O3. The minimum atomic E-state index is -0.576. The monoisotopic (exact) mass is 348 g/mol. The summed E-state index contributed by atoms with van der Waals surface area (Å²) in [4.78, 5) is 22.1. The summed E-state index contributed by atoms with van der Waals surface area (Å²) in [6.45, 7) is 3.86. The first-order valence-corrected chi connectivity index (χ1v) is 7.17. The maximum absolute atomic E-state index is 12.0. The Bertz CT molecular complexity index is 496. The van der Waals surface area contributed by atoms with Crippen LogP contribution in [0.25, 0.3) is 0 Å². The van der Waals surface area contributed by atoms with Gasteiger partial charge in [0.15, 0.2) is 0 Å². The van der Waals surface area contributed by atoms with Crippen molar-refractivity contribution in [3.05, 3.63) is 38.9 Å². The van der Waals surface area contributed by atoms with Gasteiger partial charge in [0.25, 0.3) is 11.6 Å². The van der Waals surface area contributed by atoms with Crippen LogP contribution in [0.4, 0.5) is 5.69 Å². The van der Waals surface area contributed by atoms with Crippen molar-refractivity contribution < 1.29 is 9.72 Å². The van der Waals surface area contributed by atoms with E-state index in [1.54, 1.807) is 0 Å². The van der Waals surface area contributed by atoms with Crippen LogP contribution in [0.5, 0.6) is 0 Å². The fourth-order valence-electron chi connectivity index (χ4n) is 1.38. The zero-order chi connectivity index (χ0) is 14.6. The zero-order valence-corrected chi connectivity index (χ0v) is 12.9. The van der Waals surface area contributed by atoms with E-state index in [0.29, 0.717) is 0 Å². The predicted molar refractivity (Wildman–Crippen MR) is 78.0 cm³/mol. The number of benzene rings is 1. The van der Waals surface area contributed by atoms with Crippen LogP contribution in [0.3, 0.4) is 0 Å². The third-order valence-corrected chi connectivity index (χ3v) is 4.05. The van der Waals surface area contributed by atoms with Crippen LogP contribution >= 0.6 is 27.5 Å². The molecule has 0 bridgehead atoms. The average Bonchev–Trinajstić information content (AvgIpc) is 2.36. The molecule has 5 nitrogen and oxygen atoms in total. The van der Waals surface area contributed by atoms with E-state index in [-0.39, 0.29) is 34.1 Å². The Morgan fingerprint density at radius 2 is 2.11 bits per heavy atom. The smallest absolute Gasteiger partial charge is 0.271 e. The van der Waals surface area contributed by atoms with Gasteiger partial charge in [-0.15, -0.1) is 0 Å². The second kappa shape index (κ2) is 6.86. The molecule has 0 saturated carbocycles. The lowest BCUT2D eigenvalue weighted by molar-refractivity contribution is -0.384. The van der Waals surface area contributed by atoms with Gasteiger partial charge in [-0.3, -0.25) is 14.9 Å². The van der Waals surface area contributed by atoms with Crippen molar-refractivity contribution >= 4 is 39.1 Å². The first-order valence-electron chi connectivity index (χ1n) is 5.67. The number of nitrogens with one attached hydrogen (secondary N) is 1. The van der Waals surface area contributed by atoms with Crippen LogP contribution in [0.1, 0.15) is 24.2 Å². The lowest BCUT2D eigenvalue weighted by atomic mass is 10.1. The number of halogens is 2. The van der Waals surface area contributed by atoms with Gasteiger partial charge < -0.3 is 5.32 Å². The molecule has 1 amide bonds. The van der Waals surface area contributed by atoms with E-state index in [1.165, 1.54) is 18.2 Å². The molecule has 7 heteroatoms. The van der Waals surface area contributed by atoms with Crippen LogP contribution in [-0.2, 0) is 0 Å². The van der Waals surface area contributed by atoms with Gasteiger partial charge in [-0.05, 0) is 18.9 Å². The highest BCUT2D eigenvalue weighted by Crippen LogP contribution is 2.21. The molecule has 1 N–H and O–H groups in total. The van der Waals surface area contributed by atoms with Crippen LogP contribution < -0.4 is 5.32 Å². The second-order valence-corrected chi connectivity index (χ2v) is 5.43. The molecule has 104 valence electrons. The fraction of sp³-hybridized carbons (Fsp3) is 0.417. The summed E-state index contributed by atoms with van der Waals surface area (Å²) >= 11 is 9.11. The Labute approximate surface area is 124 Å². The summed E-state index contributed by atoms with van der Waals surface area (Å²) in [5.41, 5.74) is -0.00772. The Morgan fingerprint density at radius 1 is 1.47 bits per heavy atom. The fourth-order valence-corrected chi connectivity index (χ4v) is 2.17. The third kappa shape index (κ3) is 4.47. The highest BCUT2D eigenvalue weighted by molar-refractivity contribution is 9.09. The minimum Gasteiger partial charge on any atom is -0.349 e. The van der Waals surface area contributed by atoms with Crippen molar-refractivity contribution in [1.29, 1.82) is 0 Å². The van der Waals surface area contributed by atoms with Crippen molar-refractivity contribution in [2.24, 2.45) is 5.92 Å². The Morgan fingerprint density at radius 3 is 2.63 bits per heavy atom. The largest absolute Gasteiger partial charge is 0.349 e. The normalized spacial score (nSPS) is 13.7. The molecule has 19 heavy (non-hydrogen) atoms. The summed E-state index contributed by atoms with van der Waals surface area (Å²) in [7, 11) is 0. The molecule has 0 heterocycles. The topological polar surface area (TPSA) is 72.2 Å². The van der Waals surface area contributed by atoms with Gasteiger partial charge in [0.05, 0.1) is 4.92 Å². The van der Waals surface area contributed by atoms with Crippen LogP contribution in [-0.4, -0.2) is 22.2 Å². The number of hydrogen-bond acceptors (Lipinski definition) is 3. The number of nitrogens with zero attached hydrogens (tertiary/aromatic N) is 1. The van der Waals surface area contributed by atoms with Gasteiger partial charge in [0.1, 0.15) is 0 Å². The number of hydrogen-bond donors (Lipinski definition) is 1. The van der Waals surface area contributed by atoms with E-state index < -0.39 is 4.92 Å². The van der Waals surface area contributed by atoms with Crippen molar-refractivity contribution in [1.82, 2.24) is 5.32 Å². The maximum Gasteiger partial charge on any atom is 0.271 e. The third-order valence-electron chi connectivity index (χ3n) is 2.81. The first kappa shape index (κ1) is 15.9. The van der Waals surface area contributed by atoms with Crippen molar-refractivity contribution in [3.8, 4) is 0 Å². The van der Waals surface area contributed by atoms with Gasteiger partial charge in [-0.1, -0.05) is 34.5 Å². The lowest BCUT2D eigenvalue weighted by Crippen LogP contribution is -2.37. The molecule has 0 spiro atoms. The van der Waals surface area contributed by atoms with Gasteiger partial charge in [-0.2, -0.15) is 0 Å². The van der Waals surface area contributed by atoms with Crippen molar-refractivity contribution in [3.63, 3.8) is 0 Å². The predicted octanol–water partition coefficient (Wildman–Crippen LogP) is 3.40. The zero-order valence-electron chi connectivity index (χ0n) is 10.5. The molecule has 2 atom stereocenters. The summed E-state index contributed by atoms with van der Waals surface area (Å²) < 4.78 is 0.